The third kappa shape index (κ3) is 7.97. The van der Waals surface area contributed by atoms with Gasteiger partial charge in [-0.05, 0) is 55.7 Å². The van der Waals surface area contributed by atoms with Crippen molar-refractivity contribution in [1.29, 1.82) is 0 Å². The Kier molecular flexibility index (Phi) is 10.4. The minimum atomic E-state index is -4.17. The molecule has 3 rings (SSSR count). The van der Waals surface area contributed by atoms with Gasteiger partial charge in [0, 0.05) is 13.1 Å². The summed E-state index contributed by atoms with van der Waals surface area (Å²) in [4.78, 5) is 28.3. The van der Waals surface area contributed by atoms with Crippen molar-refractivity contribution >= 4 is 50.7 Å². The van der Waals surface area contributed by atoms with Gasteiger partial charge >= 0.3 is 0 Å². The fourth-order valence-corrected chi connectivity index (χ4v) is 5.53. The van der Waals surface area contributed by atoms with Crippen LogP contribution < -0.4 is 9.62 Å². The highest BCUT2D eigenvalue weighted by Crippen LogP contribution is 2.31. The van der Waals surface area contributed by atoms with Gasteiger partial charge in [-0.1, -0.05) is 85.1 Å². The van der Waals surface area contributed by atoms with Crippen molar-refractivity contribution in [2.24, 2.45) is 5.92 Å². The summed E-state index contributed by atoms with van der Waals surface area (Å²) in [5.74, 6) is -0.645. The molecule has 7 nitrogen and oxygen atoms in total. The van der Waals surface area contributed by atoms with Gasteiger partial charge in [0.1, 0.15) is 12.6 Å². The number of carbonyl (C=O) groups excluding carboxylic acids is 2. The van der Waals surface area contributed by atoms with Crippen LogP contribution in [0.2, 0.25) is 10.0 Å². The van der Waals surface area contributed by atoms with Gasteiger partial charge in [-0.2, -0.15) is 0 Å². The number of amides is 2. The average Bonchev–Trinajstić information content (AvgIpc) is 2.91. The molecule has 0 aromatic heterocycles. The molecular weight excluding hydrogens is 557 g/mol. The molecule has 0 unspecified atom stereocenters. The Morgan fingerprint density at radius 3 is 2.13 bits per heavy atom. The van der Waals surface area contributed by atoms with Gasteiger partial charge in [-0.3, -0.25) is 13.9 Å². The lowest BCUT2D eigenvalue weighted by Crippen LogP contribution is -2.51. The van der Waals surface area contributed by atoms with Gasteiger partial charge in [0.2, 0.25) is 11.8 Å². The van der Waals surface area contributed by atoms with Crippen LogP contribution in [-0.2, 0) is 26.2 Å². The quantitative estimate of drug-likeness (QED) is 0.311. The molecule has 1 atom stereocenters. The lowest BCUT2D eigenvalue weighted by atomic mass is 10.1. The van der Waals surface area contributed by atoms with Gasteiger partial charge in [0.15, 0.2) is 0 Å². The summed E-state index contributed by atoms with van der Waals surface area (Å²) in [6, 6.07) is 18.9. The first-order valence-corrected chi connectivity index (χ1v) is 14.7. The van der Waals surface area contributed by atoms with Crippen molar-refractivity contribution in [3.8, 4) is 0 Å². The molecule has 3 aromatic rings. The molecule has 0 spiro atoms. The van der Waals surface area contributed by atoms with Crippen LogP contribution in [0.25, 0.3) is 0 Å². The molecule has 2 amide bonds. The predicted octanol–water partition coefficient (Wildman–Crippen LogP) is 5.69. The molecule has 0 bridgehead atoms. The Morgan fingerprint density at radius 1 is 0.897 bits per heavy atom. The first-order chi connectivity index (χ1) is 18.4. The van der Waals surface area contributed by atoms with Gasteiger partial charge in [0.05, 0.1) is 20.6 Å². The Labute approximate surface area is 240 Å². The van der Waals surface area contributed by atoms with E-state index in [0.717, 1.165) is 15.4 Å². The zero-order valence-corrected chi connectivity index (χ0v) is 24.7. The van der Waals surface area contributed by atoms with Gasteiger partial charge in [-0.15, -0.1) is 0 Å². The van der Waals surface area contributed by atoms with E-state index in [-0.39, 0.29) is 39.0 Å². The second-order valence-electron chi connectivity index (χ2n) is 9.75. The van der Waals surface area contributed by atoms with Crippen LogP contribution in [0.15, 0.2) is 77.7 Å². The van der Waals surface area contributed by atoms with Crippen molar-refractivity contribution < 1.29 is 18.0 Å². The lowest BCUT2D eigenvalue weighted by Gasteiger charge is -2.32. The van der Waals surface area contributed by atoms with Crippen LogP contribution in [0.4, 0.5) is 5.69 Å². The number of nitrogens with one attached hydrogen (secondary N) is 1. The third-order valence-corrected chi connectivity index (χ3v) is 8.65. The van der Waals surface area contributed by atoms with Crippen LogP contribution in [0.5, 0.6) is 0 Å². The monoisotopic (exact) mass is 589 g/mol. The number of nitrogens with zero attached hydrogens (tertiary/aromatic N) is 2. The van der Waals surface area contributed by atoms with E-state index < -0.39 is 28.5 Å². The number of sulfonamides is 1. The highest BCUT2D eigenvalue weighted by Gasteiger charge is 2.32. The van der Waals surface area contributed by atoms with E-state index in [1.807, 2.05) is 45.0 Å². The summed E-state index contributed by atoms with van der Waals surface area (Å²) >= 11 is 12.3. The molecule has 1 N–H and O–H groups in total. The molecule has 0 aliphatic carbocycles. The van der Waals surface area contributed by atoms with E-state index in [1.54, 1.807) is 25.1 Å². The van der Waals surface area contributed by atoms with Gasteiger partial charge < -0.3 is 10.2 Å². The minimum Gasteiger partial charge on any atom is -0.354 e. The zero-order valence-electron chi connectivity index (χ0n) is 22.4. The number of halogens is 2. The first kappa shape index (κ1) is 30.5. The van der Waals surface area contributed by atoms with Gasteiger partial charge in [0.25, 0.3) is 10.0 Å². The molecule has 0 saturated heterocycles. The van der Waals surface area contributed by atoms with E-state index in [1.165, 1.54) is 35.2 Å². The minimum absolute atomic E-state index is 0.0108. The second kappa shape index (κ2) is 13.3. The molecule has 0 heterocycles. The maximum absolute atomic E-state index is 13.9. The van der Waals surface area contributed by atoms with E-state index in [0.29, 0.717) is 6.54 Å². The van der Waals surface area contributed by atoms with Crippen LogP contribution in [0.3, 0.4) is 0 Å². The Balaban J connectivity index is 2.02. The molecule has 208 valence electrons. The van der Waals surface area contributed by atoms with Crippen LogP contribution >= 0.6 is 23.2 Å². The highest BCUT2D eigenvalue weighted by atomic mass is 35.5. The number of aryl methyl sites for hydroxylation is 1. The summed E-state index contributed by atoms with van der Waals surface area (Å²) in [5, 5.41) is 3.27. The van der Waals surface area contributed by atoms with E-state index in [4.69, 9.17) is 23.2 Å². The fraction of sp³-hybridized carbons (Fsp3) is 0.310. The molecule has 3 aromatic carbocycles. The molecular formula is C29H33Cl2N3O4S. The van der Waals surface area contributed by atoms with Crippen molar-refractivity contribution in [1.82, 2.24) is 10.2 Å². The average molecular weight is 591 g/mol. The van der Waals surface area contributed by atoms with E-state index >= 15 is 0 Å². The lowest BCUT2D eigenvalue weighted by molar-refractivity contribution is -0.139. The topological polar surface area (TPSA) is 86.8 Å². The molecule has 0 radical (unpaired) electrons. The summed E-state index contributed by atoms with van der Waals surface area (Å²) in [5.41, 5.74) is 2.04. The Hall–Kier alpha value is -3.07. The van der Waals surface area contributed by atoms with E-state index in [9.17, 15) is 18.0 Å². The van der Waals surface area contributed by atoms with Crippen LogP contribution in [-0.4, -0.2) is 44.3 Å². The molecule has 0 aliphatic rings. The number of hydrogen-bond acceptors (Lipinski definition) is 4. The molecule has 10 heteroatoms. The van der Waals surface area contributed by atoms with Crippen molar-refractivity contribution in [3.63, 3.8) is 0 Å². The fourth-order valence-electron chi connectivity index (χ4n) is 3.81. The summed E-state index contributed by atoms with van der Waals surface area (Å²) in [6.07, 6.45) is 0. The number of carbonyl (C=O) groups is 2. The van der Waals surface area contributed by atoms with Crippen molar-refractivity contribution in [3.05, 3.63) is 94.0 Å². The standard InChI is InChI=1S/C29H33Cl2N3O4S/c1-20(2)17-32-29(36)22(4)33(18-23-12-10-21(3)11-13-23)28(35)19-34(24-14-15-26(30)27(31)16-24)39(37,38)25-8-6-5-7-9-25/h5-16,20,22H,17-19H2,1-4H3,(H,32,36)/t22-/m1/s1. The molecule has 0 fully saturated rings. The number of benzene rings is 3. The normalized spacial score (nSPS) is 12.2. The summed E-state index contributed by atoms with van der Waals surface area (Å²) in [6.45, 7) is 7.56. The molecule has 0 saturated carbocycles. The Morgan fingerprint density at radius 2 is 1.54 bits per heavy atom. The summed E-state index contributed by atoms with van der Waals surface area (Å²) in [7, 11) is -4.17. The first-order valence-electron chi connectivity index (χ1n) is 12.6. The summed E-state index contributed by atoms with van der Waals surface area (Å²) < 4.78 is 28.5. The van der Waals surface area contributed by atoms with Crippen molar-refractivity contribution in [2.45, 2.75) is 45.2 Å². The zero-order chi connectivity index (χ0) is 28.7. The highest BCUT2D eigenvalue weighted by molar-refractivity contribution is 7.92. The maximum Gasteiger partial charge on any atom is 0.264 e. The predicted molar refractivity (Wildman–Crippen MR) is 156 cm³/mol. The number of hydrogen-bond donors (Lipinski definition) is 1. The van der Waals surface area contributed by atoms with Crippen LogP contribution in [0.1, 0.15) is 31.9 Å². The molecule has 39 heavy (non-hydrogen) atoms. The number of anilines is 1. The smallest absolute Gasteiger partial charge is 0.264 e. The molecule has 0 aliphatic heterocycles. The van der Waals surface area contributed by atoms with Crippen LogP contribution in [0, 0.1) is 12.8 Å². The third-order valence-electron chi connectivity index (χ3n) is 6.13. The largest absolute Gasteiger partial charge is 0.354 e. The Bertz CT molecular complexity index is 1400. The van der Waals surface area contributed by atoms with Crippen molar-refractivity contribution in [2.75, 3.05) is 17.4 Å². The van der Waals surface area contributed by atoms with E-state index in [2.05, 4.69) is 5.32 Å². The SMILES string of the molecule is Cc1ccc(CN(C(=O)CN(c2ccc(Cl)c(Cl)c2)S(=O)(=O)c2ccccc2)[C@H](C)C(=O)NCC(C)C)cc1. The maximum atomic E-state index is 13.9. The van der Waals surface area contributed by atoms with Gasteiger partial charge in [-0.25, -0.2) is 8.42 Å². The second-order valence-corrected chi connectivity index (χ2v) is 12.4. The number of rotatable bonds is 11.